The van der Waals surface area contributed by atoms with Crippen LogP contribution < -0.4 is 9.47 Å². The van der Waals surface area contributed by atoms with Crippen LogP contribution in [-0.2, 0) is 11.4 Å². The monoisotopic (exact) mass is 600 g/mol. The molecule has 0 unspecified atom stereocenters. The van der Waals surface area contributed by atoms with Gasteiger partial charge in [-0.15, -0.1) is 0 Å². The number of aliphatic imine (C=N–C) groups is 1. The molecule has 3 aromatic rings. The summed E-state index contributed by atoms with van der Waals surface area (Å²) >= 11 is 10.8. The highest BCUT2D eigenvalue weighted by Gasteiger charge is 2.30. The molecule has 0 aliphatic carbocycles. The number of amides is 1. The quantitative estimate of drug-likeness (QED) is 0.279. The lowest BCUT2D eigenvalue weighted by Gasteiger charge is -2.15. The van der Waals surface area contributed by atoms with Gasteiger partial charge in [0.05, 0.1) is 27.2 Å². The van der Waals surface area contributed by atoms with Crippen LogP contribution in [0.4, 0.5) is 5.69 Å². The minimum absolute atomic E-state index is 0.171. The van der Waals surface area contributed by atoms with Crippen LogP contribution in [0, 0.1) is 0 Å². The first-order valence-electron chi connectivity index (χ1n) is 11.2. The van der Waals surface area contributed by atoms with Gasteiger partial charge in [-0.25, -0.2) is 9.79 Å². The normalized spacial score (nSPS) is 15.5. The van der Waals surface area contributed by atoms with Crippen LogP contribution in [-0.4, -0.2) is 40.7 Å². The van der Waals surface area contributed by atoms with Crippen molar-refractivity contribution in [2.45, 2.75) is 13.5 Å². The standard InChI is InChI=1S/C27H22BrClN2O5S/c1-3-35-22-13-17(12-21(28)24(22)36-15-16-4-8-19(29)9-5-16)14-23-25(32)31(2)27(37-23)30-20-10-6-18(7-11-20)26(33)34/h4-14H,3,15H2,1-2H3,(H,33,34). The Kier molecular flexibility index (Phi) is 8.58. The molecule has 190 valence electrons. The molecular formula is C27H22BrClN2O5S. The van der Waals surface area contributed by atoms with Crippen LogP contribution in [0.1, 0.15) is 28.4 Å². The van der Waals surface area contributed by atoms with Gasteiger partial charge in [0.25, 0.3) is 5.91 Å². The van der Waals surface area contributed by atoms with E-state index in [9.17, 15) is 9.59 Å². The zero-order valence-electron chi connectivity index (χ0n) is 19.9. The summed E-state index contributed by atoms with van der Waals surface area (Å²) in [6.45, 7) is 2.67. The van der Waals surface area contributed by atoms with Gasteiger partial charge in [0.15, 0.2) is 16.7 Å². The summed E-state index contributed by atoms with van der Waals surface area (Å²) in [6.07, 6.45) is 1.77. The summed E-state index contributed by atoms with van der Waals surface area (Å²) < 4.78 is 12.6. The number of hydrogen-bond donors (Lipinski definition) is 1. The Bertz CT molecular complexity index is 1390. The van der Waals surface area contributed by atoms with Crippen LogP contribution in [0.15, 0.2) is 75.0 Å². The van der Waals surface area contributed by atoms with Gasteiger partial charge in [-0.1, -0.05) is 23.7 Å². The maximum Gasteiger partial charge on any atom is 0.335 e. The molecule has 1 fully saturated rings. The lowest BCUT2D eigenvalue weighted by molar-refractivity contribution is -0.121. The van der Waals surface area contributed by atoms with Gasteiger partial charge in [0.1, 0.15) is 6.61 Å². The molecule has 0 bridgehead atoms. The molecule has 1 amide bonds. The topological polar surface area (TPSA) is 88.4 Å². The second kappa shape index (κ2) is 11.9. The van der Waals surface area contributed by atoms with Gasteiger partial charge >= 0.3 is 5.97 Å². The van der Waals surface area contributed by atoms with E-state index in [0.29, 0.717) is 50.0 Å². The van der Waals surface area contributed by atoms with E-state index in [4.69, 9.17) is 26.2 Å². The minimum atomic E-state index is -1.01. The number of aromatic carboxylic acids is 1. The summed E-state index contributed by atoms with van der Waals surface area (Å²) in [5.74, 6) is -0.0866. The number of carbonyl (C=O) groups is 2. The van der Waals surface area contributed by atoms with E-state index < -0.39 is 5.97 Å². The molecule has 0 saturated carbocycles. The van der Waals surface area contributed by atoms with E-state index in [1.165, 1.54) is 28.8 Å². The van der Waals surface area contributed by atoms with Crippen molar-refractivity contribution in [1.29, 1.82) is 0 Å². The summed E-state index contributed by atoms with van der Waals surface area (Å²) in [5.41, 5.74) is 2.44. The number of amidine groups is 1. The van der Waals surface area contributed by atoms with Crippen molar-refractivity contribution in [3.05, 3.63) is 91.8 Å². The van der Waals surface area contributed by atoms with Crippen LogP contribution in [0.3, 0.4) is 0 Å². The second-order valence-electron chi connectivity index (χ2n) is 7.90. The minimum Gasteiger partial charge on any atom is -0.490 e. The van der Waals surface area contributed by atoms with E-state index in [2.05, 4.69) is 20.9 Å². The molecule has 0 spiro atoms. The van der Waals surface area contributed by atoms with Crippen molar-refractivity contribution in [3.63, 3.8) is 0 Å². The van der Waals surface area contributed by atoms with Gasteiger partial charge < -0.3 is 14.6 Å². The largest absolute Gasteiger partial charge is 0.490 e. The van der Waals surface area contributed by atoms with Crippen molar-refractivity contribution in [2.24, 2.45) is 4.99 Å². The number of halogens is 2. The summed E-state index contributed by atoms with van der Waals surface area (Å²) in [7, 11) is 1.65. The number of ether oxygens (including phenoxy) is 2. The molecule has 1 heterocycles. The Hall–Kier alpha value is -3.27. The van der Waals surface area contributed by atoms with E-state index in [0.717, 1.165) is 11.1 Å². The van der Waals surface area contributed by atoms with Crippen LogP contribution in [0.25, 0.3) is 6.08 Å². The molecule has 1 N–H and O–H groups in total. The fraction of sp³-hybridized carbons (Fsp3) is 0.148. The Morgan fingerprint density at radius 2 is 1.84 bits per heavy atom. The number of carbonyl (C=O) groups excluding carboxylic acids is 1. The highest BCUT2D eigenvalue weighted by molar-refractivity contribution is 9.10. The third kappa shape index (κ3) is 6.54. The van der Waals surface area contributed by atoms with E-state index in [1.807, 2.05) is 43.3 Å². The van der Waals surface area contributed by atoms with Gasteiger partial charge in [0, 0.05) is 12.1 Å². The smallest absolute Gasteiger partial charge is 0.335 e. The molecule has 1 aliphatic heterocycles. The number of nitrogens with zero attached hydrogens (tertiary/aromatic N) is 2. The molecule has 1 saturated heterocycles. The maximum atomic E-state index is 12.9. The number of carboxylic acids is 1. The first-order chi connectivity index (χ1) is 17.7. The second-order valence-corrected chi connectivity index (χ2v) is 10.2. The van der Waals surface area contributed by atoms with Crippen molar-refractivity contribution >= 4 is 68.1 Å². The fourth-order valence-electron chi connectivity index (χ4n) is 3.40. The molecule has 0 radical (unpaired) electrons. The summed E-state index contributed by atoms with van der Waals surface area (Å²) in [5, 5.41) is 10.2. The van der Waals surface area contributed by atoms with Crippen molar-refractivity contribution < 1.29 is 24.2 Å². The van der Waals surface area contributed by atoms with E-state index in [-0.39, 0.29) is 11.5 Å². The third-order valence-electron chi connectivity index (χ3n) is 5.27. The molecular weight excluding hydrogens is 580 g/mol. The average molecular weight is 602 g/mol. The van der Waals surface area contributed by atoms with Crippen molar-refractivity contribution in [1.82, 2.24) is 4.90 Å². The number of thioether (sulfide) groups is 1. The Balaban J connectivity index is 1.57. The number of carboxylic acid groups (broad SMARTS) is 1. The van der Waals surface area contributed by atoms with Gasteiger partial charge in [0.2, 0.25) is 0 Å². The number of likely N-dealkylation sites (N-methyl/N-ethyl adjacent to an activating group) is 1. The zero-order chi connectivity index (χ0) is 26.5. The summed E-state index contributed by atoms with van der Waals surface area (Å²) in [4.78, 5) is 30.4. The molecule has 0 atom stereocenters. The van der Waals surface area contributed by atoms with E-state index in [1.54, 1.807) is 25.3 Å². The fourth-order valence-corrected chi connectivity index (χ4v) is 5.09. The Labute approximate surface area is 231 Å². The zero-order valence-corrected chi connectivity index (χ0v) is 23.1. The first-order valence-corrected chi connectivity index (χ1v) is 13.2. The molecule has 37 heavy (non-hydrogen) atoms. The number of rotatable bonds is 8. The molecule has 1 aliphatic rings. The number of hydrogen-bond acceptors (Lipinski definition) is 6. The van der Waals surface area contributed by atoms with Crippen LogP contribution in [0.5, 0.6) is 11.5 Å². The summed E-state index contributed by atoms with van der Waals surface area (Å²) in [6, 6.07) is 17.3. The molecule has 4 rings (SSSR count). The maximum absolute atomic E-state index is 12.9. The Morgan fingerprint density at radius 1 is 1.14 bits per heavy atom. The Morgan fingerprint density at radius 3 is 2.49 bits per heavy atom. The number of benzene rings is 3. The van der Waals surface area contributed by atoms with Crippen molar-refractivity contribution in [3.8, 4) is 11.5 Å². The molecule has 10 heteroatoms. The predicted octanol–water partition coefficient (Wildman–Crippen LogP) is 7.01. The first kappa shape index (κ1) is 26.8. The molecule has 0 aromatic heterocycles. The lowest BCUT2D eigenvalue weighted by Crippen LogP contribution is -2.23. The SMILES string of the molecule is CCOc1cc(C=C2SC(=Nc3ccc(C(=O)O)cc3)N(C)C2=O)cc(Br)c1OCc1ccc(Cl)cc1. The van der Waals surface area contributed by atoms with Crippen molar-refractivity contribution in [2.75, 3.05) is 13.7 Å². The van der Waals surface area contributed by atoms with Crippen LogP contribution >= 0.6 is 39.3 Å². The van der Waals surface area contributed by atoms with Crippen LogP contribution in [0.2, 0.25) is 5.02 Å². The molecule has 7 nitrogen and oxygen atoms in total. The van der Waals surface area contributed by atoms with Gasteiger partial charge in [-0.05, 0) is 100 Å². The highest BCUT2D eigenvalue weighted by atomic mass is 79.9. The van der Waals surface area contributed by atoms with Gasteiger partial charge in [-0.2, -0.15) is 0 Å². The molecule has 3 aromatic carbocycles. The predicted molar refractivity (Wildman–Crippen MR) is 150 cm³/mol. The van der Waals surface area contributed by atoms with E-state index >= 15 is 0 Å². The average Bonchev–Trinajstić information content (AvgIpc) is 3.12. The lowest BCUT2D eigenvalue weighted by atomic mass is 10.1. The third-order valence-corrected chi connectivity index (χ3v) is 7.17. The van der Waals surface area contributed by atoms with Gasteiger partial charge in [-0.3, -0.25) is 9.69 Å². The highest BCUT2D eigenvalue weighted by Crippen LogP contribution is 2.40.